The fraction of sp³-hybridized carbons (Fsp3) is 0.333. The van der Waals surface area contributed by atoms with E-state index in [4.69, 9.17) is 4.74 Å². The van der Waals surface area contributed by atoms with Crippen LogP contribution in [0.15, 0.2) is 24.3 Å². The molecular weight excluding hydrogens is 220 g/mol. The van der Waals surface area contributed by atoms with Gasteiger partial charge in [-0.15, -0.1) is 0 Å². The summed E-state index contributed by atoms with van der Waals surface area (Å²) in [5, 5.41) is 2.69. The second kappa shape index (κ2) is 5.89. The number of hydrogen-bond donors (Lipinski definition) is 1. The van der Waals surface area contributed by atoms with E-state index in [1.807, 2.05) is 0 Å². The SMILES string of the molecule is COc1cccc(NC(=O)CN(C)C(C)=O)c1. The van der Waals surface area contributed by atoms with E-state index in [2.05, 4.69) is 5.32 Å². The minimum absolute atomic E-state index is 0.0343. The molecule has 92 valence electrons. The third-order valence-electron chi connectivity index (χ3n) is 2.27. The number of ether oxygens (including phenoxy) is 1. The van der Waals surface area contributed by atoms with E-state index in [0.29, 0.717) is 11.4 Å². The second-order valence-electron chi connectivity index (χ2n) is 3.66. The standard InChI is InChI=1S/C12H16N2O3/c1-9(15)14(2)8-12(16)13-10-5-4-6-11(7-10)17-3/h4-7H,8H2,1-3H3,(H,13,16). The van der Waals surface area contributed by atoms with Gasteiger partial charge in [-0.1, -0.05) is 6.07 Å². The molecule has 0 unspecified atom stereocenters. The highest BCUT2D eigenvalue weighted by Crippen LogP contribution is 2.16. The van der Waals surface area contributed by atoms with Gasteiger partial charge in [0.1, 0.15) is 5.75 Å². The highest BCUT2D eigenvalue weighted by molar-refractivity contribution is 5.94. The van der Waals surface area contributed by atoms with Crippen molar-refractivity contribution in [1.29, 1.82) is 0 Å². The monoisotopic (exact) mass is 236 g/mol. The van der Waals surface area contributed by atoms with E-state index in [1.54, 1.807) is 38.4 Å². The quantitative estimate of drug-likeness (QED) is 0.852. The summed E-state index contributed by atoms with van der Waals surface area (Å²) in [6.45, 7) is 1.45. The Kier molecular flexibility index (Phi) is 4.51. The van der Waals surface area contributed by atoms with Crippen molar-refractivity contribution >= 4 is 17.5 Å². The maximum Gasteiger partial charge on any atom is 0.243 e. The Labute approximate surface area is 100 Å². The first kappa shape index (κ1) is 13.0. The molecule has 0 aromatic heterocycles. The highest BCUT2D eigenvalue weighted by Gasteiger charge is 2.09. The summed E-state index contributed by atoms with van der Waals surface area (Å²) >= 11 is 0. The van der Waals surface area contributed by atoms with E-state index in [0.717, 1.165) is 0 Å². The molecule has 1 aromatic rings. The number of rotatable bonds is 4. The Bertz CT molecular complexity index is 418. The first-order valence-electron chi connectivity index (χ1n) is 5.18. The van der Waals surface area contributed by atoms with Crippen molar-refractivity contribution in [3.8, 4) is 5.75 Å². The van der Waals surface area contributed by atoms with E-state index < -0.39 is 0 Å². The van der Waals surface area contributed by atoms with Gasteiger partial charge in [0, 0.05) is 25.7 Å². The fourth-order valence-corrected chi connectivity index (χ4v) is 1.23. The number of hydrogen-bond acceptors (Lipinski definition) is 3. The van der Waals surface area contributed by atoms with Crippen molar-refractivity contribution in [2.45, 2.75) is 6.92 Å². The number of nitrogens with one attached hydrogen (secondary N) is 1. The summed E-state index contributed by atoms with van der Waals surface area (Å²) in [5.74, 6) is 0.282. The molecule has 0 radical (unpaired) electrons. The number of carbonyl (C=O) groups is 2. The van der Waals surface area contributed by atoms with Crippen molar-refractivity contribution in [2.75, 3.05) is 26.0 Å². The summed E-state index contributed by atoms with van der Waals surface area (Å²) < 4.78 is 5.04. The molecule has 0 saturated heterocycles. The fourth-order valence-electron chi connectivity index (χ4n) is 1.23. The average molecular weight is 236 g/mol. The lowest BCUT2D eigenvalue weighted by atomic mass is 10.3. The van der Waals surface area contributed by atoms with Gasteiger partial charge in [-0.2, -0.15) is 0 Å². The molecule has 5 nitrogen and oxygen atoms in total. The Morgan fingerprint density at radius 2 is 2.12 bits per heavy atom. The Balaban J connectivity index is 2.58. The van der Waals surface area contributed by atoms with Gasteiger partial charge in [0.25, 0.3) is 0 Å². The zero-order valence-electron chi connectivity index (χ0n) is 10.2. The molecule has 0 aliphatic rings. The largest absolute Gasteiger partial charge is 0.497 e. The number of amides is 2. The normalized spacial score (nSPS) is 9.59. The van der Waals surface area contributed by atoms with Crippen LogP contribution in [0.1, 0.15) is 6.92 Å². The van der Waals surface area contributed by atoms with Crippen molar-refractivity contribution in [2.24, 2.45) is 0 Å². The Morgan fingerprint density at radius 3 is 2.71 bits per heavy atom. The van der Waals surface area contributed by atoms with Crippen LogP contribution in [0.2, 0.25) is 0 Å². The number of nitrogens with zero attached hydrogens (tertiary/aromatic N) is 1. The number of methoxy groups -OCH3 is 1. The molecule has 0 atom stereocenters. The average Bonchev–Trinajstić information content (AvgIpc) is 2.28. The van der Waals surface area contributed by atoms with Crippen molar-refractivity contribution in [1.82, 2.24) is 4.90 Å². The summed E-state index contributed by atoms with van der Waals surface area (Å²) in [5.41, 5.74) is 0.645. The predicted molar refractivity (Wildman–Crippen MR) is 64.9 cm³/mol. The van der Waals surface area contributed by atoms with Gasteiger partial charge < -0.3 is 15.0 Å². The molecule has 0 bridgehead atoms. The number of carbonyl (C=O) groups excluding carboxylic acids is 2. The van der Waals surface area contributed by atoms with Gasteiger partial charge in [-0.05, 0) is 12.1 Å². The van der Waals surface area contributed by atoms with E-state index >= 15 is 0 Å². The van der Waals surface area contributed by atoms with E-state index in [9.17, 15) is 9.59 Å². The van der Waals surface area contributed by atoms with Crippen LogP contribution in [-0.4, -0.2) is 37.4 Å². The molecule has 1 rings (SSSR count). The molecule has 17 heavy (non-hydrogen) atoms. The van der Waals surface area contributed by atoms with Crippen LogP contribution in [0.5, 0.6) is 5.75 Å². The van der Waals surface area contributed by atoms with Crippen LogP contribution in [0.25, 0.3) is 0 Å². The topological polar surface area (TPSA) is 58.6 Å². The number of likely N-dealkylation sites (N-methyl/N-ethyl adjacent to an activating group) is 1. The van der Waals surface area contributed by atoms with Crippen LogP contribution < -0.4 is 10.1 Å². The smallest absolute Gasteiger partial charge is 0.243 e. The summed E-state index contributed by atoms with van der Waals surface area (Å²) in [7, 11) is 3.14. The minimum Gasteiger partial charge on any atom is -0.497 e. The molecule has 0 spiro atoms. The predicted octanol–water partition coefficient (Wildman–Crippen LogP) is 1.11. The lowest BCUT2D eigenvalue weighted by Crippen LogP contribution is -2.33. The summed E-state index contributed by atoms with van der Waals surface area (Å²) in [4.78, 5) is 23.9. The minimum atomic E-state index is -0.240. The van der Waals surface area contributed by atoms with Gasteiger partial charge in [0.15, 0.2) is 0 Å². The zero-order chi connectivity index (χ0) is 12.8. The molecule has 5 heteroatoms. The molecule has 1 N–H and O–H groups in total. The zero-order valence-corrected chi connectivity index (χ0v) is 10.2. The van der Waals surface area contributed by atoms with Crippen LogP contribution in [-0.2, 0) is 9.59 Å². The van der Waals surface area contributed by atoms with Gasteiger partial charge in [0.05, 0.1) is 13.7 Å². The lowest BCUT2D eigenvalue weighted by Gasteiger charge is -2.14. The first-order chi connectivity index (χ1) is 8.02. The number of anilines is 1. The summed E-state index contributed by atoms with van der Waals surface area (Å²) in [6, 6.07) is 7.04. The van der Waals surface area contributed by atoms with Crippen molar-refractivity contribution in [3.63, 3.8) is 0 Å². The molecule has 0 aliphatic heterocycles. The first-order valence-corrected chi connectivity index (χ1v) is 5.18. The molecule has 0 saturated carbocycles. The molecular formula is C12H16N2O3. The van der Waals surface area contributed by atoms with Gasteiger partial charge in [0.2, 0.25) is 11.8 Å². The van der Waals surface area contributed by atoms with Crippen LogP contribution in [0, 0.1) is 0 Å². The third-order valence-corrected chi connectivity index (χ3v) is 2.27. The Morgan fingerprint density at radius 1 is 1.41 bits per heavy atom. The molecule has 0 heterocycles. The Hall–Kier alpha value is -2.04. The molecule has 2 amide bonds. The number of benzene rings is 1. The second-order valence-corrected chi connectivity index (χ2v) is 3.66. The molecule has 0 fully saturated rings. The molecule has 0 aliphatic carbocycles. The van der Waals surface area contributed by atoms with Gasteiger partial charge >= 0.3 is 0 Å². The summed E-state index contributed by atoms with van der Waals surface area (Å²) in [6.07, 6.45) is 0. The van der Waals surface area contributed by atoms with Gasteiger partial charge in [-0.25, -0.2) is 0 Å². The van der Waals surface area contributed by atoms with Gasteiger partial charge in [-0.3, -0.25) is 9.59 Å². The van der Waals surface area contributed by atoms with E-state index in [-0.39, 0.29) is 18.4 Å². The van der Waals surface area contributed by atoms with Crippen LogP contribution in [0.4, 0.5) is 5.69 Å². The third kappa shape index (κ3) is 4.14. The van der Waals surface area contributed by atoms with Crippen LogP contribution >= 0.6 is 0 Å². The highest BCUT2D eigenvalue weighted by atomic mass is 16.5. The van der Waals surface area contributed by atoms with E-state index in [1.165, 1.54) is 11.8 Å². The maximum atomic E-state index is 11.6. The lowest BCUT2D eigenvalue weighted by molar-refractivity contribution is -0.131. The van der Waals surface area contributed by atoms with Crippen LogP contribution in [0.3, 0.4) is 0 Å². The maximum absolute atomic E-state index is 11.6. The van der Waals surface area contributed by atoms with Crippen molar-refractivity contribution < 1.29 is 14.3 Å². The molecule has 1 aromatic carbocycles. The van der Waals surface area contributed by atoms with Crippen molar-refractivity contribution in [3.05, 3.63) is 24.3 Å².